The van der Waals surface area contributed by atoms with Gasteiger partial charge >= 0.3 is 0 Å². The van der Waals surface area contributed by atoms with Crippen molar-refractivity contribution in [3.63, 3.8) is 0 Å². The minimum Gasteiger partial charge on any atom is -0.390 e. The molecule has 2 N–H and O–H groups in total. The van der Waals surface area contributed by atoms with Gasteiger partial charge in [-0.05, 0) is 13.5 Å². The van der Waals surface area contributed by atoms with Crippen molar-refractivity contribution in [2.45, 2.75) is 39.8 Å². The van der Waals surface area contributed by atoms with Gasteiger partial charge < -0.3 is 10.4 Å². The van der Waals surface area contributed by atoms with E-state index in [0.717, 1.165) is 13.1 Å². The number of nitrogens with zero attached hydrogens (tertiary/aromatic N) is 2. The highest BCUT2D eigenvalue weighted by Crippen LogP contribution is 1.99. The number of nitrogens with one attached hydrogen (secondary N) is 1. The molecule has 0 rings (SSSR count). The second kappa shape index (κ2) is 8.51. The Kier molecular flexibility index (Phi) is 8.18. The first kappa shape index (κ1) is 15.4. The largest absolute Gasteiger partial charge is 0.390 e. The molecule has 0 aromatic rings. The normalized spacial score (nSPS) is 15.1. The molecule has 0 saturated carbocycles. The molecule has 0 spiro atoms. The van der Waals surface area contributed by atoms with E-state index in [9.17, 15) is 5.11 Å². The maximum absolute atomic E-state index is 9.80. The summed E-state index contributed by atoms with van der Waals surface area (Å²) in [4.78, 5) is 2.11. The average molecular weight is 227 g/mol. The van der Waals surface area contributed by atoms with Gasteiger partial charge in [-0.2, -0.15) is 5.26 Å². The third-order valence-corrected chi connectivity index (χ3v) is 2.43. The van der Waals surface area contributed by atoms with Gasteiger partial charge in [-0.15, -0.1) is 0 Å². The zero-order chi connectivity index (χ0) is 12.6. The van der Waals surface area contributed by atoms with Gasteiger partial charge in [0.05, 0.1) is 18.1 Å². The molecular weight excluding hydrogens is 202 g/mol. The van der Waals surface area contributed by atoms with E-state index in [1.807, 2.05) is 13.8 Å². The molecule has 4 heteroatoms. The number of aliphatic hydroxyl groups is 1. The van der Waals surface area contributed by atoms with Gasteiger partial charge in [-0.1, -0.05) is 20.8 Å². The van der Waals surface area contributed by atoms with Gasteiger partial charge in [-0.3, -0.25) is 4.90 Å². The molecule has 0 fully saturated rings. The highest BCUT2D eigenvalue weighted by molar-refractivity contribution is 4.82. The Hall–Kier alpha value is -0.630. The smallest absolute Gasteiger partial charge is 0.0791 e. The minimum atomic E-state index is -0.367. The van der Waals surface area contributed by atoms with E-state index in [0.29, 0.717) is 19.1 Å². The van der Waals surface area contributed by atoms with Gasteiger partial charge in [0, 0.05) is 25.7 Å². The first-order valence-corrected chi connectivity index (χ1v) is 6.03. The fourth-order valence-corrected chi connectivity index (χ4v) is 1.50. The molecule has 2 unspecified atom stereocenters. The molecule has 0 aromatic heterocycles. The van der Waals surface area contributed by atoms with Gasteiger partial charge in [-0.25, -0.2) is 0 Å². The lowest BCUT2D eigenvalue weighted by Gasteiger charge is -2.25. The van der Waals surface area contributed by atoms with Crippen LogP contribution in [0, 0.1) is 17.2 Å². The van der Waals surface area contributed by atoms with Crippen LogP contribution in [-0.2, 0) is 0 Å². The Morgan fingerprint density at radius 2 is 1.94 bits per heavy atom. The number of hydrogen-bond acceptors (Lipinski definition) is 4. The second-order valence-electron chi connectivity index (χ2n) is 4.60. The summed E-state index contributed by atoms with van der Waals surface area (Å²) in [6.45, 7) is 10.9. The summed E-state index contributed by atoms with van der Waals surface area (Å²) in [5.74, 6) is 0.0187. The van der Waals surface area contributed by atoms with Crippen molar-refractivity contribution in [1.29, 1.82) is 5.26 Å². The van der Waals surface area contributed by atoms with Crippen LogP contribution in [0.25, 0.3) is 0 Å². The van der Waals surface area contributed by atoms with Gasteiger partial charge in [0.2, 0.25) is 0 Å². The molecule has 2 atom stereocenters. The molecule has 0 saturated heterocycles. The molecule has 0 amide bonds. The second-order valence-corrected chi connectivity index (χ2v) is 4.60. The molecule has 0 bridgehead atoms. The molecular formula is C12H25N3O. The monoisotopic (exact) mass is 227 g/mol. The highest BCUT2D eigenvalue weighted by atomic mass is 16.3. The summed E-state index contributed by atoms with van der Waals surface area (Å²) in [6.07, 6.45) is -0.367. The fraction of sp³-hybridized carbons (Fsp3) is 0.917. The maximum Gasteiger partial charge on any atom is 0.0791 e. The zero-order valence-corrected chi connectivity index (χ0v) is 10.9. The van der Waals surface area contributed by atoms with E-state index in [1.165, 1.54) is 0 Å². The quantitative estimate of drug-likeness (QED) is 0.645. The Labute approximate surface area is 99.3 Å². The van der Waals surface area contributed by atoms with Crippen molar-refractivity contribution in [2.75, 3.05) is 26.2 Å². The molecule has 0 aliphatic rings. The van der Waals surface area contributed by atoms with Crippen molar-refractivity contribution >= 4 is 0 Å². The number of nitriles is 1. The van der Waals surface area contributed by atoms with Crippen molar-refractivity contribution < 1.29 is 5.11 Å². The molecule has 16 heavy (non-hydrogen) atoms. The summed E-state index contributed by atoms with van der Waals surface area (Å²) in [7, 11) is 0. The van der Waals surface area contributed by atoms with Gasteiger partial charge in [0.25, 0.3) is 0 Å². The fourth-order valence-electron chi connectivity index (χ4n) is 1.50. The Bertz CT molecular complexity index is 213. The SMILES string of the molecule is CCN(CC(C)C#N)CC(O)CNC(C)C. The Morgan fingerprint density at radius 3 is 2.38 bits per heavy atom. The first-order chi connectivity index (χ1) is 7.49. The molecule has 0 aromatic carbocycles. The third kappa shape index (κ3) is 7.63. The van der Waals surface area contributed by atoms with Crippen molar-refractivity contribution in [1.82, 2.24) is 10.2 Å². The predicted octanol–water partition coefficient (Wildman–Crippen LogP) is 0.827. The van der Waals surface area contributed by atoms with Crippen LogP contribution in [0.5, 0.6) is 0 Å². The molecule has 94 valence electrons. The third-order valence-electron chi connectivity index (χ3n) is 2.43. The highest BCUT2D eigenvalue weighted by Gasteiger charge is 2.13. The Morgan fingerprint density at radius 1 is 1.31 bits per heavy atom. The summed E-state index contributed by atoms with van der Waals surface area (Å²) < 4.78 is 0. The van der Waals surface area contributed by atoms with Crippen LogP contribution in [0.1, 0.15) is 27.7 Å². The molecule has 0 heterocycles. The lowest BCUT2D eigenvalue weighted by atomic mass is 10.2. The van der Waals surface area contributed by atoms with Crippen molar-refractivity contribution in [3.8, 4) is 6.07 Å². The standard InChI is InChI=1S/C12H25N3O/c1-5-15(8-11(4)6-13)9-12(16)7-14-10(2)3/h10-12,14,16H,5,7-9H2,1-4H3. The summed E-state index contributed by atoms with van der Waals surface area (Å²) in [5, 5.41) is 21.7. The Balaban J connectivity index is 3.88. The molecule has 0 radical (unpaired) electrons. The van der Waals surface area contributed by atoms with E-state index in [1.54, 1.807) is 0 Å². The topological polar surface area (TPSA) is 59.3 Å². The lowest BCUT2D eigenvalue weighted by molar-refractivity contribution is 0.108. The minimum absolute atomic E-state index is 0.0187. The van der Waals surface area contributed by atoms with E-state index < -0.39 is 0 Å². The summed E-state index contributed by atoms with van der Waals surface area (Å²) in [6, 6.07) is 2.61. The van der Waals surface area contributed by atoms with Gasteiger partial charge in [0.1, 0.15) is 0 Å². The van der Waals surface area contributed by atoms with Crippen LogP contribution in [0.3, 0.4) is 0 Å². The molecule has 0 aliphatic carbocycles. The van der Waals surface area contributed by atoms with E-state index >= 15 is 0 Å². The number of likely N-dealkylation sites (N-methyl/N-ethyl adjacent to an activating group) is 1. The van der Waals surface area contributed by atoms with Crippen LogP contribution in [0.4, 0.5) is 0 Å². The van der Waals surface area contributed by atoms with Crippen LogP contribution in [-0.4, -0.2) is 48.3 Å². The van der Waals surface area contributed by atoms with Crippen LogP contribution >= 0.6 is 0 Å². The maximum atomic E-state index is 9.80. The van der Waals surface area contributed by atoms with Crippen molar-refractivity contribution in [3.05, 3.63) is 0 Å². The molecule has 0 aliphatic heterocycles. The predicted molar refractivity (Wildman–Crippen MR) is 66.0 cm³/mol. The van der Waals surface area contributed by atoms with E-state index in [-0.39, 0.29) is 12.0 Å². The van der Waals surface area contributed by atoms with Crippen LogP contribution in [0.2, 0.25) is 0 Å². The average Bonchev–Trinajstić information content (AvgIpc) is 2.25. The summed E-state index contributed by atoms with van der Waals surface area (Å²) >= 11 is 0. The van der Waals surface area contributed by atoms with Crippen molar-refractivity contribution in [2.24, 2.45) is 5.92 Å². The first-order valence-electron chi connectivity index (χ1n) is 6.03. The number of hydrogen-bond donors (Lipinski definition) is 2. The zero-order valence-electron chi connectivity index (χ0n) is 10.9. The number of rotatable bonds is 8. The molecule has 4 nitrogen and oxygen atoms in total. The van der Waals surface area contributed by atoms with Gasteiger partial charge in [0.15, 0.2) is 0 Å². The van der Waals surface area contributed by atoms with Crippen LogP contribution in [0.15, 0.2) is 0 Å². The van der Waals surface area contributed by atoms with Crippen LogP contribution < -0.4 is 5.32 Å². The van der Waals surface area contributed by atoms with E-state index in [4.69, 9.17) is 5.26 Å². The lowest BCUT2D eigenvalue weighted by Crippen LogP contribution is -2.41. The van der Waals surface area contributed by atoms with E-state index in [2.05, 4.69) is 30.1 Å². The summed E-state index contributed by atoms with van der Waals surface area (Å²) in [5.41, 5.74) is 0. The number of aliphatic hydroxyl groups excluding tert-OH is 1.